The first-order chi connectivity index (χ1) is 8.04. The molecular weight excluding hydrogens is 214 g/mol. The Morgan fingerprint density at radius 3 is 2.82 bits per heavy atom. The summed E-state index contributed by atoms with van der Waals surface area (Å²) in [5, 5.41) is 9.56. The monoisotopic (exact) mass is 233 g/mol. The Morgan fingerprint density at radius 1 is 1.35 bits per heavy atom. The summed E-state index contributed by atoms with van der Waals surface area (Å²) in [6.45, 7) is 2.80. The number of likely N-dealkylation sites (tertiary alicyclic amines) is 1. The standard InChI is InChI=1S/C14H19NO2/c1-14(11-6-5-7-12(16)10-11)8-3-4-9-15(2)13(14)17/h5-7,10,16H,3-4,8-9H2,1-2H3/t14-/m1/s1. The van der Waals surface area contributed by atoms with Gasteiger partial charge in [0.2, 0.25) is 5.91 Å². The largest absolute Gasteiger partial charge is 0.508 e. The molecule has 1 amide bonds. The summed E-state index contributed by atoms with van der Waals surface area (Å²) < 4.78 is 0. The highest BCUT2D eigenvalue weighted by molar-refractivity contribution is 5.88. The molecule has 0 spiro atoms. The number of rotatable bonds is 1. The summed E-state index contributed by atoms with van der Waals surface area (Å²) in [4.78, 5) is 14.2. The minimum atomic E-state index is -0.496. The molecular formula is C14H19NO2. The molecule has 17 heavy (non-hydrogen) atoms. The molecule has 0 bridgehead atoms. The van der Waals surface area contributed by atoms with Crippen LogP contribution in [0.3, 0.4) is 0 Å². The third-order valence-electron chi connectivity index (χ3n) is 3.72. The number of phenols is 1. The molecule has 1 saturated heterocycles. The summed E-state index contributed by atoms with van der Waals surface area (Å²) in [7, 11) is 1.86. The molecule has 1 aromatic carbocycles. The van der Waals surface area contributed by atoms with E-state index in [0.717, 1.165) is 31.4 Å². The van der Waals surface area contributed by atoms with E-state index in [4.69, 9.17) is 0 Å². The topological polar surface area (TPSA) is 40.5 Å². The van der Waals surface area contributed by atoms with Crippen LogP contribution in [0.2, 0.25) is 0 Å². The van der Waals surface area contributed by atoms with Crippen LogP contribution in [0.15, 0.2) is 24.3 Å². The average molecular weight is 233 g/mol. The van der Waals surface area contributed by atoms with E-state index in [1.54, 1.807) is 23.1 Å². The zero-order valence-corrected chi connectivity index (χ0v) is 10.4. The number of carbonyl (C=O) groups is 1. The lowest BCUT2D eigenvalue weighted by atomic mass is 9.78. The highest BCUT2D eigenvalue weighted by atomic mass is 16.3. The molecule has 2 rings (SSSR count). The Hall–Kier alpha value is -1.51. The molecule has 0 aliphatic carbocycles. The van der Waals surface area contributed by atoms with Gasteiger partial charge in [0.15, 0.2) is 0 Å². The van der Waals surface area contributed by atoms with Crippen LogP contribution in [-0.4, -0.2) is 29.5 Å². The Bertz CT molecular complexity index is 430. The molecule has 0 radical (unpaired) electrons. The van der Waals surface area contributed by atoms with Crippen LogP contribution in [0.5, 0.6) is 5.75 Å². The maximum atomic E-state index is 12.4. The molecule has 1 fully saturated rings. The average Bonchev–Trinajstić information content (AvgIpc) is 2.44. The minimum absolute atomic E-state index is 0.153. The quantitative estimate of drug-likeness (QED) is 0.808. The molecule has 0 unspecified atom stereocenters. The van der Waals surface area contributed by atoms with Gasteiger partial charge in [0.25, 0.3) is 0 Å². The zero-order valence-electron chi connectivity index (χ0n) is 10.4. The van der Waals surface area contributed by atoms with Crippen molar-refractivity contribution in [2.45, 2.75) is 31.6 Å². The van der Waals surface area contributed by atoms with Crippen molar-refractivity contribution in [1.29, 1.82) is 0 Å². The van der Waals surface area contributed by atoms with E-state index in [2.05, 4.69) is 0 Å². The van der Waals surface area contributed by atoms with E-state index < -0.39 is 5.41 Å². The molecule has 1 heterocycles. The van der Waals surface area contributed by atoms with Gasteiger partial charge in [-0.1, -0.05) is 18.6 Å². The number of likely N-dealkylation sites (N-methyl/N-ethyl adjacent to an activating group) is 1. The van der Waals surface area contributed by atoms with E-state index in [-0.39, 0.29) is 11.7 Å². The summed E-state index contributed by atoms with van der Waals surface area (Å²) >= 11 is 0. The van der Waals surface area contributed by atoms with Crippen molar-refractivity contribution in [2.75, 3.05) is 13.6 Å². The number of nitrogens with zero attached hydrogens (tertiary/aromatic N) is 1. The van der Waals surface area contributed by atoms with Crippen LogP contribution in [0, 0.1) is 0 Å². The highest BCUT2D eigenvalue weighted by Gasteiger charge is 2.38. The van der Waals surface area contributed by atoms with Crippen LogP contribution in [0.4, 0.5) is 0 Å². The number of hydrogen-bond acceptors (Lipinski definition) is 2. The third-order valence-corrected chi connectivity index (χ3v) is 3.72. The second-order valence-corrected chi connectivity index (χ2v) is 5.07. The van der Waals surface area contributed by atoms with Crippen LogP contribution in [0.25, 0.3) is 0 Å². The lowest BCUT2D eigenvalue weighted by molar-refractivity contribution is -0.134. The predicted octanol–water partition coefficient (Wildman–Crippen LogP) is 2.29. The van der Waals surface area contributed by atoms with Gasteiger partial charge in [0.1, 0.15) is 5.75 Å². The number of phenolic OH excluding ortho intramolecular Hbond substituents is 1. The maximum absolute atomic E-state index is 12.4. The number of aromatic hydroxyl groups is 1. The number of carbonyl (C=O) groups excluding carboxylic acids is 1. The van der Waals surface area contributed by atoms with Crippen molar-refractivity contribution >= 4 is 5.91 Å². The first-order valence-electron chi connectivity index (χ1n) is 6.09. The second kappa shape index (κ2) is 4.40. The van der Waals surface area contributed by atoms with Crippen LogP contribution in [-0.2, 0) is 10.2 Å². The normalized spacial score (nSPS) is 25.8. The lowest BCUT2D eigenvalue weighted by Crippen LogP contribution is -2.41. The van der Waals surface area contributed by atoms with Gasteiger partial charge in [-0.3, -0.25) is 4.79 Å². The summed E-state index contributed by atoms with van der Waals surface area (Å²) in [6, 6.07) is 7.07. The van der Waals surface area contributed by atoms with E-state index in [1.807, 2.05) is 20.0 Å². The fraction of sp³-hybridized carbons (Fsp3) is 0.500. The molecule has 0 saturated carbocycles. The number of amides is 1. The summed E-state index contributed by atoms with van der Waals surface area (Å²) in [6.07, 6.45) is 2.94. The van der Waals surface area contributed by atoms with Crippen LogP contribution >= 0.6 is 0 Å². The van der Waals surface area contributed by atoms with Gasteiger partial charge >= 0.3 is 0 Å². The number of hydrogen-bond donors (Lipinski definition) is 1. The molecule has 1 aromatic rings. The highest BCUT2D eigenvalue weighted by Crippen LogP contribution is 2.35. The van der Waals surface area contributed by atoms with Crippen molar-refractivity contribution < 1.29 is 9.90 Å². The fourth-order valence-electron chi connectivity index (χ4n) is 2.57. The zero-order chi connectivity index (χ0) is 12.5. The lowest BCUT2D eigenvalue weighted by Gasteiger charge is -2.30. The molecule has 1 N–H and O–H groups in total. The van der Waals surface area contributed by atoms with Gasteiger partial charge in [0, 0.05) is 13.6 Å². The molecule has 0 aromatic heterocycles. The SMILES string of the molecule is CN1CCCC[C@](C)(c2cccc(O)c2)C1=O. The Labute approximate surface area is 102 Å². The second-order valence-electron chi connectivity index (χ2n) is 5.07. The third kappa shape index (κ3) is 2.14. The van der Waals surface area contributed by atoms with Crippen LogP contribution in [0.1, 0.15) is 31.7 Å². The fourth-order valence-corrected chi connectivity index (χ4v) is 2.57. The number of benzene rings is 1. The predicted molar refractivity (Wildman–Crippen MR) is 66.9 cm³/mol. The minimum Gasteiger partial charge on any atom is -0.508 e. The molecule has 3 heteroatoms. The molecule has 1 aliphatic rings. The van der Waals surface area contributed by atoms with Gasteiger partial charge in [-0.05, 0) is 37.5 Å². The van der Waals surface area contributed by atoms with Gasteiger partial charge in [0.05, 0.1) is 5.41 Å². The summed E-state index contributed by atoms with van der Waals surface area (Å²) in [5.41, 5.74) is 0.417. The van der Waals surface area contributed by atoms with Crippen molar-refractivity contribution in [3.63, 3.8) is 0 Å². The van der Waals surface area contributed by atoms with Crippen molar-refractivity contribution in [1.82, 2.24) is 4.90 Å². The Morgan fingerprint density at radius 2 is 2.12 bits per heavy atom. The first-order valence-corrected chi connectivity index (χ1v) is 6.09. The van der Waals surface area contributed by atoms with E-state index in [9.17, 15) is 9.90 Å². The summed E-state index contributed by atoms with van der Waals surface area (Å²) in [5.74, 6) is 0.379. The smallest absolute Gasteiger partial charge is 0.232 e. The molecule has 1 aliphatic heterocycles. The van der Waals surface area contributed by atoms with Gasteiger partial charge in [-0.25, -0.2) is 0 Å². The van der Waals surface area contributed by atoms with E-state index >= 15 is 0 Å². The Balaban J connectivity index is 2.42. The van der Waals surface area contributed by atoms with Crippen LogP contribution < -0.4 is 0 Å². The molecule has 92 valence electrons. The molecule has 1 atom stereocenters. The van der Waals surface area contributed by atoms with Crippen molar-refractivity contribution in [3.8, 4) is 5.75 Å². The van der Waals surface area contributed by atoms with E-state index in [1.165, 1.54) is 0 Å². The van der Waals surface area contributed by atoms with Gasteiger partial charge in [-0.2, -0.15) is 0 Å². The van der Waals surface area contributed by atoms with E-state index in [0.29, 0.717) is 0 Å². The Kier molecular flexibility index (Phi) is 3.09. The van der Waals surface area contributed by atoms with Crippen molar-refractivity contribution in [2.24, 2.45) is 0 Å². The molecule has 3 nitrogen and oxygen atoms in total. The first kappa shape index (κ1) is 12.0. The van der Waals surface area contributed by atoms with Gasteiger partial charge in [-0.15, -0.1) is 0 Å². The maximum Gasteiger partial charge on any atom is 0.232 e. The van der Waals surface area contributed by atoms with Crippen molar-refractivity contribution in [3.05, 3.63) is 29.8 Å². The van der Waals surface area contributed by atoms with Gasteiger partial charge < -0.3 is 10.0 Å².